The van der Waals surface area contributed by atoms with Crippen molar-refractivity contribution in [3.8, 4) is 0 Å². The smallest absolute Gasteiger partial charge is 0.186 e. The average molecular weight is 231 g/mol. The minimum Gasteiger partial charge on any atom is -0.418 e. The van der Waals surface area contributed by atoms with E-state index in [1.54, 1.807) is 0 Å². The molecule has 0 aromatic rings. The molecule has 1 unspecified atom stereocenters. The molecule has 1 N–H and O–H groups in total. The van der Waals surface area contributed by atoms with Crippen LogP contribution in [0.2, 0.25) is 19.1 Å². The number of hydrogen-bond acceptors (Lipinski definition) is 3. The van der Waals surface area contributed by atoms with Gasteiger partial charge in [0.25, 0.3) is 0 Å². The molecule has 0 aromatic heterocycles. The minimum absolute atomic E-state index is 0.574. The summed E-state index contributed by atoms with van der Waals surface area (Å²) in [5, 5.41) is 3.49. The quantitative estimate of drug-likeness (QED) is 0.709. The van der Waals surface area contributed by atoms with Crippen molar-refractivity contribution in [3.05, 3.63) is 0 Å². The van der Waals surface area contributed by atoms with Gasteiger partial charge in [0, 0.05) is 19.2 Å². The zero-order chi connectivity index (χ0) is 11.1. The molecule has 3 nitrogen and oxygen atoms in total. The summed E-state index contributed by atoms with van der Waals surface area (Å²) in [6.45, 7) is 10.3. The zero-order valence-corrected chi connectivity index (χ0v) is 11.3. The molecule has 0 aliphatic carbocycles. The fourth-order valence-corrected chi connectivity index (χ4v) is 4.02. The molecule has 1 heterocycles. The lowest BCUT2D eigenvalue weighted by molar-refractivity contribution is 0.0739. The summed E-state index contributed by atoms with van der Waals surface area (Å²) in [4.78, 5) is 0. The van der Waals surface area contributed by atoms with Crippen molar-refractivity contribution < 1.29 is 9.16 Å². The highest BCUT2D eigenvalue weighted by atomic mass is 28.4. The third-order valence-electron chi connectivity index (χ3n) is 2.86. The van der Waals surface area contributed by atoms with Crippen molar-refractivity contribution in [2.24, 2.45) is 0 Å². The van der Waals surface area contributed by atoms with Gasteiger partial charge >= 0.3 is 0 Å². The molecule has 0 bridgehead atoms. The summed E-state index contributed by atoms with van der Waals surface area (Å²) in [6.07, 6.45) is 2.49. The first-order valence-corrected chi connectivity index (χ1v) is 9.20. The van der Waals surface area contributed by atoms with E-state index in [1.807, 2.05) is 0 Å². The number of rotatable bonds is 6. The van der Waals surface area contributed by atoms with Crippen molar-refractivity contribution in [2.45, 2.75) is 44.9 Å². The summed E-state index contributed by atoms with van der Waals surface area (Å²) in [7, 11) is -1.36. The predicted octanol–water partition coefficient (Wildman–Crippen LogP) is 2.00. The predicted molar refractivity (Wildman–Crippen MR) is 65.8 cm³/mol. The third-order valence-corrected chi connectivity index (χ3v) is 5.49. The van der Waals surface area contributed by atoms with Crippen molar-refractivity contribution in [2.75, 3.05) is 26.4 Å². The maximum absolute atomic E-state index is 5.81. The summed E-state index contributed by atoms with van der Waals surface area (Å²) >= 11 is 0. The molecular formula is C11H25NO2Si. The molecule has 1 atom stereocenters. The topological polar surface area (TPSA) is 30.5 Å². The van der Waals surface area contributed by atoms with Gasteiger partial charge in [0.1, 0.15) is 0 Å². The van der Waals surface area contributed by atoms with Crippen LogP contribution in [0, 0.1) is 0 Å². The SMILES string of the molecule is CCO[Si](C)(C)CCCC1COCCN1. The molecule has 1 fully saturated rings. The largest absolute Gasteiger partial charge is 0.418 e. The molecule has 1 aliphatic rings. The molecular weight excluding hydrogens is 206 g/mol. The zero-order valence-electron chi connectivity index (χ0n) is 10.3. The van der Waals surface area contributed by atoms with Crippen LogP contribution in [0.4, 0.5) is 0 Å². The summed E-state index contributed by atoms with van der Waals surface area (Å²) in [5.41, 5.74) is 0. The van der Waals surface area contributed by atoms with E-state index in [2.05, 4.69) is 25.3 Å². The van der Waals surface area contributed by atoms with Crippen molar-refractivity contribution in [1.29, 1.82) is 0 Å². The highest BCUT2D eigenvalue weighted by Crippen LogP contribution is 2.16. The first-order valence-electron chi connectivity index (χ1n) is 6.09. The van der Waals surface area contributed by atoms with Crippen molar-refractivity contribution >= 4 is 8.32 Å². The maximum Gasteiger partial charge on any atom is 0.186 e. The molecule has 0 saturated carbocycles. The van der Waals surface area contributed by atoms with Gasteiger partial charge in [0.05, 0.1) is 13.2 Å². The monoisotopic (exact) mass is 231 g/mol. The van der Waals surface area contributed by atoms with Crippen LogP contribution in [0.5, 0.6) is 0 Å². The molecule has 1 saturated heterocycles. The normalized spacial score (nSPS) is 23.0. The van der Waals surface area contributed by atoms with Gasteiger partial charge in [0.2, 0.25) is 0 Å². The van der Waals surface area contributed by atoms with E-state index in [-0.39, 0.29) is 0 Å². The van der Waals surface area contributed by atoms with Crippen molar-refractivity contribution in [3.63, 3.8) is 0 Å². The van der Waals surface area contributed by atoms with Crippen LogP contribution in [-0.4, -0.2) is 40.7 Å². The molecule has 4 heteroatoms. The maximum atomic E-state index is 5.81. The summed E-state index contributed by atoms with van der Waals surface area (Å²) in [5.74, 6) is 0. The van der Waals surface area contributed by atoms with E-state index in [1.165, 1.54) is 18.9 Å². The molecule has 1 aliphatic heterocycles. The third kappa shape index (κ3) is 5.66. The van der Waals surface area contributed by atoms with Gasteiger partial charge in [-0.3, -0.25) is 0 Å². The van der Waals surface area contributed by atoms with E-state index >= 15 is 0 Å². The Kier molecular flexibility index (Phi) is 5.82. The van der Waals surface area contributed by atoms with Gasteiger partial charge in [-0.05, 0) is 32.5 Å². The molecule has 0 spiro atoms. The molecule has 0 radical (unpaired) electrons. The number of nitrogens with one attached hydrogen (secondary N) is 1. The van der Waals surface area contributed by atoms with Gasteiger partial charge in [0.15, 0.2) is 8.32 Å². The Balaban J connectivity index is 2.09. The lowest BCUT2D eigenvalue weighted by Crippen LogP contribution is -2.41. The van der Waals surface area contributed by atoms with E-state index < -0.39 is 8.32 Å². The van der Waals surface area contributed by atoms with Crippen LogP contribution >= 0.6 is 0 Å². The number of ether oxygens (including phenoxy) is 1. The molecule has 0 amide bonds. The van der Waals surface area contributed by atoms with Gasteiger partial charge in [-0.25, -0.2) is 0 Å². The Bertz CT molecular complexity index is 170. The van der Waals surface area contributed by atoms with Crippen LogP contribution in [0.25, 0.3) is 0 Å². The first kappa shape index (κ1) is 13.2. The van der Waals surface area contributed by atoms with Gasteiger partial charge in [-0.15, -0.1) is 0 Å². The second-order valence-corrected chi connectivity index (χ2v) is 9.12. The van der Waals surface area contributed by atoms with Gasteiger partial charge in [-0.1, -0.05) is 6.42 Å². The second-order valence-electron chi connectivity index (χ2n) is 4.81. The Morgan fingerprint density at radius 3 is 2.87 bits per heavy atom. The fourth-order valence-electron chi connectivity index (χ4n) is 2.04. The molecule has 1 rings (SSSR count). The Morgan fingerprint density at radius 2 is 2.27 bits per heavy atom. The van der Waals surface area contributed by atoms with Crippen LogP contribution in [0.15, 0.2) is 0 Å². The van der Waals surface area contributed by atoms with E-state index in [0.29, 0.717) is 6.04 Å². The summed E-state index contributed by atoms with van der Waals surface area (Å²) < 4.78 is 11.2. The van der Waals surface area contributed by atoms with Crippen molar-refractivity contribution in [1.82, 2.24) is 5.32 Å². The lowest BCUT2D eigenvalue weighted by Gasteiger charge is -2.26. The van der Waals surface area contributed by atoms with Crippen LogP contribution < -0.4 is 5.32 Å². The van der Waals surface area contributed by atoms with E-state index in [4.69, 9.17) is 9.16 Å². The summed E-state index contributed by atoms with van der Waals surface area (Å²) in [6, 6.07) is 1.84. The average Bonchev–Trinajstić information content (AvgIpc) is 2.19. The molecule has 0 aromatic carbocycles. The molecule has 15 heavy (non-hydrogen) atoms. The van der Waals surface area contributed by atoms with Gasteiger partial charge < -0.3 is 14.5 Å². The Labute approximate surface area is 94.7 Å². The fraction of sp³-hybridized carbons (Fsp3) is 1.00. The van der Waals surface area contributed by atoms with Gasteiger partial charge in [-0.2, -0.15) is 0 Å². The Morgan fingerprint density at radius 1 is 1.47 bits per heavy atom. The lowest BCUT2D eigenvalue weighted by atomic mass is 10.1. The standard InChI is InChI=1S/C11H25NO2Si/c1-4-14-15(2,3)9-5-6-11-10-13-8-7-12-11/h11-12H,4-10H2,1-3H3. The minimum atomic E-state index is -1.36. The first-order chi connectivity index (χ1) is 7.14. The Hall–Kier alpha value is 0.0969. The van der Waals surface area contributed by atoms with E-state index in [0.717, 1.165) is 26.4 Å². The highest BCUT2D eigenvalue weighted by molar-refractivity contribution is 6.71. The van der Waals surface area contributed by atoms with E-state index in [9.17, 15) is 0 Å². The number of hydrogen-bond donors (Lipinski definition) is 1. The number of morpholine rings is 1. The van der Waals surface area contributed by atoms with Crippen LogP contribution in [0.1, 0.15) is 19.8 Å². The van der Waals surface area contributed by atoms with Crippen LogP contribution in [0.3, 0.4) is 0 Å². The van der Waals surface area contributed by atoms with Crippen LogP contribution in [-0.2, 0) is 9.16 Å². The molecule has 90 valence electrons. The highest BCUT2D eigenvalue weighted by Gasteiger charge is 2.22. The second kappa shape index (κ2) is 6.63.